The molecule has 27 heavy (non-hydrogen) atoms. The van der Waals surface area contributed by atoms with Gasteiger partial charge < -0.3 is 14.8 Å². The van der Waals surface area contributed by atoms with Crippen molar-refractivity contribution >= 4 is 31.9 Å². The van der Waals surface area contributed by atoms with Gasteiger partial charge in [-0.25, -0.2) is 13.1 Å². The van der Waals surface area contributed by atoms with Crippen LogP contribution < -0.4 is 19.5 Å². The average Bonchev–Trinajstić information content (AvgIpc) is 2.67. The molecule has 0 aliphatic rings. The lowest BCUT2D eigenvalue weighted by Gasteiger charge is -2.13. The zero-order valence-electron chi connectivity index (χ0n) is 15.0. The van der Waals surface area contributed by atoms with Crippen LogP contribution in [0.15, 0.2) is 51.8 Å². The third-order valence-corrected chi connectivity index (χ3v) is 6.09. The number of ether oxygens (including phenoxy) is 2. The standard InChI is InChI=1S/C18H21BrN2O5S/c1-25-15-10-14(19)17(11-16(15)26-2)27(23,24)21-12-18(22)20-9-8-13-6-4-3-5-7-13/h3-7,10-11,21H,8-9,12H2,1-2H3,(H,20,22). The molecular formula is C18H21BrN2O5S. The molecule has 2 aromatic rings. The van der Waals surface area contributed by atoms with E-state index in [-0.39, 0.29) is 17.2 Å². The molecule has 2 rings (SSSR count). The maximum absolute atomic E-state index is 12.5. The quantitative estimate of drug-likeness (QED) is 0.602. The van der Waals surface area contributed by atoms with E-state index in [1.165, 1.54) is 26.4 Å². The number of methoxy groups -OCH3 is 2. The first-order valence-electron chi connectivity index (χ1n) is 8.09. The van der Waals surface area contributed by atoms with E-state index in [4.69, 9.17) is 9.47 Å². The van der Waals surface area contributed by atoms with Crippen molar-refractivity contribution in [3.63, 3.8) is 0 Å². The Bertz CT molecular complexity index is 888. The molecule has 0 saturated heterocycles. The minimum atomic E-state index is -3.91. The van der Waals surface area contributed by atoms with Gasteiger partial charge in [-0.3, -0.25) is 4.79 Å². The molecule has 0 aliphatic carbocycles. The van der Waals surface area contributed by atoms with Crippen LogP contribution in [-0.2, 0) is 21.2 Å². The Hall–Kier alpha value is -2.10. The molecule has 0 fully saturated rings. The Morgan fingerprint density at radius 3 is 2.33 bits per heavy atom. The molecule has 9 heteroatoms. The third kappa shape index (κ3) is 5.95. The molecule has 0 radical (unpaired) electrons. The average molecular weight is 457 g/mol. The molecule has 0 atom stereocenters. The van der Waals surface area contributed by atoms with Crippen molar-refractivity contribution in [2.75, 3.05) is 27.3 Å². The van der Waals surface area contributed by atoms with Crippen molar-refractivity contribution in [3.05, 3.63) is 52.5 Å². The number of carbonyl (C=O) groups is 1. The molecule has 0 heterocycles. The number of amides is 1. The SMILES string of the molecule is COc1cc(Br)c(S(=O)(=O)NCC(=O)NCCc2ccccc2)cc1OC. The predicted molar refractivity (Wildman–Crippen MR) is 106 cm³/mol. The Kier molecular flexibility index (Phi) is 7.64. The van der Waals surface area contributed by atoms with Crippen molar-refractivity contribution < 1.29 is 22.7 Å². The van der Waals surface area contributed by atoms with E-state index in [0.29, 0.717) is 23.2 Å². The molecule has 0 spiro atoms. The molecule has 2 N–H and O–H groups in total. The molecular weight excluding hydrogens is 436 g/mol. The van der Waals surface area contributed by atoms with Crippen LogP contribution in [0.25, 0.3) is 0 Å². The van der Waals surface area contributed by atoms with E-state index < -0.39 is 15.9 Å². The minimum absolute atomic E-state index is 0.0442. The summed E-state index contributed by atoms with van der Waals surface area (Å²) in [6.07, 6.45) is 0.667. The maximum atomic E-state index is 12.5. The number of carbonyl (C=O) groups excluding carboxylic acids is 1. The van der Waals surface area contributed by atoms with Crippen LogP contribution in [0.5, 0.6) is 11.5 Å². The van der Waals surface area contributed by atoms with Crippen LogP contribution in [0.3, 0.4) is 0 Å². The molecule has 0 unspecified atom stereocenters. The molecule has 1 amide bonds. The zero-order valence-corrected chi connectivity index (χ0v) is 17.4. The number of halogens is 1. The van der Waals surface area contributed by atoms with E-state index in [0.717, 1.165) is 5.56 Å². The Labute approximate surface area is 167 Å². The number of nitrogens with one attached hydrogen (secondary N) is 2. The predicted octanol–water partition coefficient (Wildman–Crippen LogP) is 2.10. The van der Waals surface area contributed by atoms with Crippen LogP contribution in [0, 0.1) is 0 Å². The van der Waals surface area contributed by atoms with E-state index in [2.05, 4.69) is 26.0 Å². The Morgan fingerprint density at radius 2 is 1.70 bits per heavy atom. The highest BCUT2D eigenvalue weighted by Gasteiger charge is 2.22. The number of benzene rings is 2. The highest BCUT2D eigenvalue weighted by molar-refractivity contribution is 9.10. The Balaban J connectivity index is 1.95. The van der Waals surface area contributed by atoms with Gasteiger partial charge in [-0.05, 0) is 34.0 Å². The van der Waals surface area contributed by atoms with Gasteiger partial charge in [0.2, 0.25) is 15.9 Å². The van der Waals surface area contributed by atoms with E-state index >= 15 is 0 Å². The van der Waals surface area contributed by atoms with Gasteiger partial charge in [0.15, 0.2) is 11.5 Å². The molecule has 146 valence electrons. The molecule has 7 nitrogen and oxygen atoms in total. The van der Waals surface area contributed by atoms with Crippen molar-refractivity contribution in [2.24, 2.45) is 0 Å². The summed E-state index contributed by atoms with van der Waals surface area (Å²) in [4.78, 5) is 11.9. The number of hydrogen-bond donors (Lipinski definition) is 2. The largest absolute Gasteiger partial charge is 0.493 e. The minimum Gasteiger partial charge on any atom is -0.493 e. The second-order valence-electron chi connectivity index (χ2n) is 5.55. The van der Waals surface area contributed by atoms with Crippen LogP contribution in [0.2, 0.25) is 0 Å². The summed E-state index contributed by atoms with van der Waals surface area (Å²) in [5, 5.41) is 2.69. The smallest absolute Gasteiger partial charge is 0.242 e. The van der Waals surface area contributed by atoms with Gasteiger partial charge in [-0.1, -0.05) is 30.3 Å². The maximum Gasteiger partial charge on any atom is 0.242 e. The number of sulfonamides is 1. The van der Waals surface area contributed by atoms with Gasteiger partial charge >= 0.3 is 0 Å². The fourth-order valence-electron chi connectivity index (χ4n) is 2.33. The lowest BCUT2D eigenvalue weighted by Crippen LogP contribution is -2.37. The zero-order chi connectivity index (χ0) is 19.9. The summed E-state index contributed by atoms with van der Waals surface area (Å²) in [7, 11) is -1.05. The monoisotopic (exact) mass is 456 g/mol. The first-order valence-corrected chi connectivity index (χ1v) is 10.4. The van der Waals surface area contributed by atoms with Crippen molar-refractivity contribution in [1.29, 1.82) is 0 Å². The second kappa shape index (κ2) is 9.72. The Morgan fingerprint density at radius 1 is 1.07 bits per heavy atom. The van der Waals surface area contributed by atoms with Crippen molar-refractivity contribution in [3.8, 4) is 11.5 Å². The summed E-state index contributed by atoms with van der Waals surface area (Å²) in [5.74, 6) is 0.251. The van der Waals surface area contributed by atoms with Crippen LogP contribution in [-0.4, -0.2) is 41.6 Å². The summed E-state index contributed by atoms with van der Waals surface area (Å²) >= 11 is 3.21. The lowest BCUT2D eigenvalue weighted by molar-refractivity contribution is -0.119. The normalized spacial score (nSPS) is 11.1. The molecule has 0 saturated carbocycles. The number of rotatable bonds is 9. The van der Waals surface area contributed by atoms with E-state index in [9.17, 15) is 13.2 Å². The van der Waals surface area contributed by atoms with Crippen molar-refractivity contribution in [1.82, 2.24) is 10.0 Å². The van der Waals surface area contributed by atoms with Crippen LogP contribution in [0.1, 0.15) is 5.56 Å². The van der Waals surface area contributed by atoms with Gasteiger partial charge in [-0.2, -0.15) is 0 Å². The van der Waals surface area contributed by atoms with Crippen molar-refractivity contribution in [2.45, 2.75) is 11.3 Å². The first-order chi connectivity index (χ1) is 12.9. The topological polar surface area (TPSA) is 93.7 Å². The van der Waals surface area contributed by atoms with Gasteiger partial charge in [0.1, 0.15) is 4.90 Å². The second-order valence-corrected chi connectivity index (χ2v) is 8.14. The van der Waals surface area contributed by atoms with E-state index in [1.807, 2.05) is 30.3 Å². The first kappa shape index (κ1) is 21.2. The fraction of sp³-hybridized carbons (Fsp3) is 0.278. The van der Waals surface area contributed by atoms with Gasteiger partial charge in [-0.15, -0.1) is 0 Å². The summed E-state index contributed by atoms with van der Waals surface area (Å²) in [6, 6.07) is 12.5. The number of hydrogen-bond acceptors (Lipinski definition) is 5. The third-order valence-electron chi connectivity index (χ3n) is 3.73. The summed E-state index contributed by atoms with van der Waals surface area (Å²) in [6.45, 7) is 0.0581. The molecule has 0 aromatic heterocycles. The molecule has 0 bridgehead atoms. The molecule has 0 aliphatic heterocycles. The van der Waals surface area contributed by atoms with Gasteiger partial charge in [0, 0.05) is 17.1 Å². The van der Waals surface area contributed by atoms with Crippen LogP contribution in [0.4, 0.5) is 0 Å². The molecule has 2 aromatic carbocycles. The highest BCUT2D eigenvalue weighted by Crippen LogP contribution is 2.35. The highest BCUT2D eigenvalue weighted by atomic mass is 79.9. The fourth-order valence-corrected chi connectivity index (χ4v) is 4.35. The summed E-state index contributed by atoms with van der Waals surface area (Å²) < 4.78 is 37.9. The van der Waals surface area contributed by atoms with E-state index in [1.54, 1.807) is 0 Å². The lowest BCUT2D eigenvalue weighted by atomic mass is 10.1. The van der Waals surface area contributed by atoms with Gasteiger partial charge in [0.25, 0.3) is 0 Å². The van der Waals surface area contributed by atoms with Gasteiger partial charge in [0.05, 0.1) is 20.8 Å². The summed E-state index contributed by atoms with van der Waals surface area (Å²) in [5.41, 5.74) is 1.09. The van der Waals surface area contributed by atoms with Crippen LogP contribution >= 0.6 is 15.9 Å².